The molecule has 0 amide bonds. The van der Waals surface area contributed by atoms with Gasteiger partial charge in [-0.25, -0.2) is 4.98 Å². The smallest absolute Gasteiger partial charge is 0.169 e. The van der Waals surface area contributed by atoms with Crippen LogP contribution in [0.5, 0.6) is 0 Å². The van der Waals surface area contributed by atoms with Gasteiger partial charge >= 0.3 is 0 Å². The highest BCUT2D eigenvalue weighted by atomic mass is 32.1. The molecular formula is C13H15N3S2. The quantitative estimate of drug-likeness (QED) is 0.811. The highest BCUT2D eigenvalue weighted by Crippen LogP contribution is 2.36. The molecule has 1 aromatic heterocycles. The Kier molecular flexibility index (Phi) is 3.18. The van der Waals surface area contributed by atoms with Gasteiger partial charge in [0.15, 0.2) is 5.11 Å². The zero-order valence-electron chi connectivity index (χ0n) is 10.2. The van der Waals surface area contributed by atoms with Gasteiger partial charge in [0.1, 0.15) is 5.01 Å². The second-order valence-corrected chi connectivity index (χ2v) is 5.88. The molecule has 1 fully saturated rings. The van der Waals surface area contributed by atoms with Gasteiger partial charge in [0, 0.05) is 13.6 Å². The summed E-state index contributed by atoms with van der Waals surface area (Å²) >= 11 is 7.15. The van der Waals surface area contributed by atoms with Crippen molar-refractivity contribution in [3.63, 3.8) is 0 Å². The summed E-state index contributed by atoms with van der Waals surface area (Å²) in [5, 5.41) is 5.09. The van der Waals surface area contributed by atoms with Crippen molar-refractivity contribution < 1.29 is 0 Å². The topological polar surface area (TPSA) is 28.2 Å². The minimum atomic E-state index is 0.349. The normalized spacial score (nSPS) is 19.4. The minimum absolute atomic E-state index is 0.349. The fourth-order valence-corrected chi connectivity index (χ4v) is 3.78. The van der Waals surface area contributed by atoms with Crippen molar-refractivity contribution in [1.82, 2.24) is 15.2 Å². The summed E-state index contributed by atoms with van der Waals surface area (Å²) in [5.41, 5.74) is 1.10. The van der Waals surface area contributed by atoms with Crippen molar-refractivity contribution in [2.75, 3.05) is 13.6 Å². The average molecular weight is 277 g/mol. The number of thiocarbonyl (C=S) groups is 1. The van der Waals surface area contributed by atoms with Crippen LogP contribution in [-0.2, 0) is 0 Å². The lowest BCUT2D eigenvalue weighted by Crippen LogP contribution is -2.37. The second kappa shape index (κ2) is 4.82. The number of nitrogens with zero attached hydrogens (tertiary/aromatic N) is 2. The molecule has 94 valence electrons. The Hall–Kier alpha value is -1.20. The van der Waals surface area contributed by atoms with Gasteiger partial charge in [0.25, 0.3) is 0 Å². The number of fused-ring (bicyclic) bond motifs is 1. The molecule has 2 aromatic rings. The van der Waals surface area contributed by atoms with Crippen LogP contribution in [0, 0.1) is 0 Å². The van der Waals surface area contributed by atoms with Crippen LogP contribution in [-0.4, -0.2) is 28.6 Å². The predicted octanol–water partition coefficient (Wildman–Crippen LogP) is 2.94. The first-order chi connectivity index (χ1) is 8.79. The van der Waals surface area contributed by atoms with E-state index in [9.17, 15) is 0 Å². The number of nitrogens with one attached hydrogen (secondary N) is 1. The van der Waals surface area contributed by atoms with Crippen molar-refractivity contribution in [2.24, 2.45) is 0 Å². The largest absolute Gasteiger partial charge is 0.366 e. The molecule has 1 aliphatic rings. The van der Waals surface area contributed by atoms with E-state index in [0.29, 0.717) is 6.04 Å². The number of rotatable bonds is 1. The highest BCUT2D eigenvalue weighted by molar-refractivity contribution is 7.80. The Morgan fingerprint density at radius 2 is 2.33 bits per heavy atom. The van der Waals surface area contributed by atoms with Crippen molar-refractivity contribution in [3.8, 4) is 0 Å². The third-order valence-electron chi connectivity index (χ3n) is 3.32. The molecule has 0 spiro atoms. The third-order valence-corrected chi connectivity index (χ3v) is 4.90. The van der Waals surface area contributed by atoms with Crippen molar-refractivity contribution >= 4 is 38.9 Å². The Morgan fingerprint density at radius 3 is 3.11 bits per heavy atom. The van der Waals surface area contributed by atoms with Gasteiger partial charge in [0.05, 0.1) is 16.3 Å². The number of thiazole rings is 1. The van der Waals surface area contributed by atoms with E-state index in [-0.39, 0.29) is 0 Å². The van der Waals surface area contributed by atoms with E-state index < -0.39 is 0 Å². The van der Waals surface area contributed by atoms with Crippen molar-refractivity contribution in [1.29, 1.82) is 0 Å². The zero-order valence-corrected chi connectivity index (χ0v) is 11.9. The maximum Gasteiger partial charge on any atom is 0.169 e. The summed E-state index contributed by atoms with van der Waals surface area (Å²) in [4.78, 5) is 7.01. The second-order valence-electron chi connectivity index (χ2n) is 4.43. The number of likely N-dealkylation sites (tertiary alicyclic amines) is 1. The Morgan fingerprint density at radius 1 is 1.50 bits per heavy atom. The predicted molar refractivity (Wildman–Crippen MR) is 80.0 cm³/mol. The molecule has 1 atom stereocenters. The van der Waals surface area contributed by atoms with Crippen LogP contribution in [0.4, 0.5) is 0 Å². The molecule has 1 N–H and O–H groups in total. The molecule has 3 rings (SSSR count). The van der Waals surface area contributed by atoms with Gasteiger partial charge in [-0.15, -0.1) is 11.3 Å². The molecule has 0 radical (unpaired) electrons. The number of hydrogen-bond acceptors (Lipinski definition) is 3. The number of aromatic nitrogens is 1. The molecule has 5 heteroatoms. The maximum atomic E-state index is 5.36. The van der Waals surface area contributed by atoms with E-state index in [0.717, 1.165) is 23.6 Å². The molecule has 0 aliphatic carbocycles. The van der Waals surface area contributed by atoms with Gasteiger partial charge in [-0.2, -0.15) is 0 Å². The van der Waals surface area contributed by atoms with E-state index in [4.69, 9.17) is 17.2 Å². The lowest BCUT2D eigenvalue weighted by atomic mass is 10.2. The summed E-state index contributed by atoms with van der Waals surface area (Å²) in [6.45, 7) is 1.03. The molecule has 2 heterocycles. The molecule has 3 nitrogen and oxygen atoms in total. The molecule has 1 saturated heterocycles. The van der Waals surface area contributed by atoms with Crippen LogP contribution < -0.4 is 5.32 Å². The average Bonchev–Trinajstić information content (AvgIpc) is 3.03. The Bertz CT molecular complexity index is 545. The fourth-order valence-electron chi connectivity index (χ4n) is 2.44. The summed E-state index contributed by atoms with van der Waals surface area (Å²) in [6, 6.07) is 8.66. The van der Waals surface area contributed by atoms with Gasteiger partial charge in [-0.3, -0.25) is 0 Å². The van der Waals surface area contributed by atoms with Crippen LogP contribution in [0.1, 0.15) is 23.9 Å². The molecule has 0 saturated carbocycles. The van der Waals surface area contributed by atoms with Crippen molar-refractivity contribution in [2.45, 2.75) is 18.9 Å². The number of para-hydroxylation sites is 1. The zero-order chi connectivity index (χ0) is 12.5. The molecular weight excluding hydrogens is 262 g/mol. The van der Waals surface area contributed by atoms with E-state index in [1.54, 1.807) is 11.3 Å². The lowest BCUT2D eigenvalue weighted by Gasteiger charge is -2.25. The summed E-state index contributed by atoms with van der Waals surface area (Å²) in [6.07, 6.45) is 2.32. The van der Waals surface area contributed by atoms with E-state index in [1.165, 1.54) is 16.1 Å². The molecule has 1 aromatic carbocycles. The molecule has 1 aliphatic heterocycles. The van der Waals surface area contributed by atoms with E-state index >= 15 is 0 Å². The van der Waals surface area contributed by atoms with Gasteiger partial charge in [0.2, 0.25) is 0 Å². The van der Waals surface area contributed by atoms with E-state index in [2.05, 4.69) is 28.4 Å². The van der Waals surface area contributed by atoms with Crippen LogP contribution in [0.2, 0.25) is 0 Å². The molecule has 0 bridgehead atoms. The Balaban J connectivity index is 1.95. The lowest BCUT2D eigenvalue weighted by molar-refractivity contribution is 0.396. The maximum absolute atomic E-state index is 5.36. The first kappa shape index (κ1) is 11.9. The minimum Gasteiger partial charge on any atom is -0.366 e. The Labute approximate surface area is 116 Å². The van der Waals surface area contributed by atoms with Gasteiger partial charge in [-0.05, 0) is 37.2 Å². The van der Waals surface area contributed by atoms with Crippen LogP contribution in [0.15, 0.2) is 24.3 Å². The third kappa shape index (κ3) is 1.97. The molecule has 18 heavy (non-hydrogen) atoms. The number of hydrogen-bond donors (Lipinski definition) is 1. The first-order valence-corrected chi connectivity index (χ1v) is 7.36. The van der Waals surface area contributed by atoms with Crippen molar-refractivity contribution in [3.05, 3.63) is 29.3 Å². The summed E-state index contributed by atoms with van der Waals surface area (Å²) in [5.74, 6) is 0. The monoisotopic (exact) mass is 277 g/mol. The van der Waals surface area contributed by atoms with Crippen LogP contribution in [0.3, 0.4) is 0 Å². The summed E-state index contributed by atoms with van der Waals surface area (Å²) in [7, 11) is 1.88. The standard InChI is InChI=1S/C13H15N3S2/c1-14-13(17)16-8-4-6-10(16)12-15-9-5-2-3-7-11(9)18-12/h2-3,5,7,10H,4,6,8H2,1H3,(H,14,17)/t10-/m1/s1. The van der Waals surface area contributed by atoms with E-state index in [1.807, 2.05) is 13.1 Å². The number of benzene rings is 1. The van der Waals surface area contributed by atoms with Gasteiger partial charge in [-0.1, -0.05) is 12.1 Å². The van der Waals surface area contributed by atoms with Crippen LogP contribution in [0.25, 0.3) is 10.2 Å². The first-order valence-electron chi connectivity index (χ1n) is 6.13. The van der Waals surface area contributed by atoms with Crippen LogP contribution >= 0.6 is 23.6 Å². The van der Waals surface area contributed by atoms with Gasteiger partial charge < -0.3 is 10.2 Å². The highest BCUT2D eigenvalue weighted by Gasteiger charge is 2.29. The summed E-state index contributed by atoms with van der Waals surface area (Å²) < 4.78 is 1.26. The molecule has 0 unspecified atom stereocenters. The fraction of sp³-hybridized carbons (Fsp3) is 0.385. The SMILES string of the molecule is CNC(=S)N1CCC[C@@H]1c1nc2ccccc2s1.